The Morgan fingerprint density at radius 3 is 2.29 bits per heavy atom. The van der Waals surface area contributed by atoms with E-state index in [4.69, 9.17) is 4.42 Å². The van der Waals surface area contributed by atoms with Gasteiger partial charge >= 0.3 is 0 Å². The second-order valence-corrected chi connectivity index (χ2v) is 6.96. The van der Waals surface area contributed by atoms with Gasteiger partial charge in [0.25, 0.3) is 0 Å². The number of aromatic amines is 2. The van der Waals surface area contributed by atoms with Gasteiger partial charge in [-0.1, -0.05) is 13.3 Å². The van der Waals surface area contributed by atoms with Gasteiger partial charge in [-0.3, -0.25) is 9.59 Å². The normalized spacial score (nSPS) is 11.5. The number of pyridine rings is 1. The minimum absolute atomic E-state index is 0.176. The third kappa shape index (κ3) is 2.91. The number of nitrogens with zero attached hydrogens (tertiary/aromatic N) is 7. The molecule has 0 saturated heterocycles. The number of H-pyrrole nitrogens is 2. The van der Waals surface area contributed by atoms with Crippen molar-refractivity contribution < 1.29 is 4.42 Å². The third-order valence-electron chi connectivity index (χ3n) is 5.14. The summed E-state index contributed by atoms with van der Waals surface area (Å²) in [5, 5.41) is 28.6. The molecule has 1 aromatic carbocycles. The van der Waals surface area contributed by atoms with Crippen LogP contribution in [0.5, 0.6) is 0 Å². The maximum absolute atomic E-state index is 13.1. The number of aromatic nitrogens is 9. The molecule has 0 aliphatic carbocycles. The van der Waals surface area contributed by atoms with Gasteiger partial charge in [-0.2, -0.15) is 10.4 Å². The second kappa shape index (κ2) is 7.23. The maximum atomic E-state index is 13.1. The fourth-order valence-corrected chi connectivity index (χ4v) is 3.89. The first-order valence-electron chi connectivity index (χ1n) is 9.77. The standard InChI is InChI=1S/C19H17N9O3/c1-3-5-9-16-10(13(29)7-12(28(16)4-2)18-20-24-25-21-18)6-11-14(30)8-15(31-17(9)11)19-22-26-27-23-19/h6-8H,3-5H2,1-2H3,(H,20,21,24,25)(H,22,23,26,27). The zero-order valence-corrected chi connectivity index (χ0v) is 16.7. The summed E-state index contributed by atoms with van der Waals surface area (Å²) in [5.74, 6) is 0.683. The molecule has 5 rings (SSSR count). The van der Waals surface area contributed by atoms with Crippen molar-refractivity contribution in [1.29, 1.82) is 0 Å². The number of fused-ring (bicyclic) bond motifs is 2. The fourth-order valence-electron chi connectivity index (χ4n) is 3.89. The minimum Gasteiger partial charge on any atom is -0.452 e. The highest BCUT2D eigenvalue weighted by atomic mass is 16.3. The smallest absolute Gasteiger partial charge is 0.239 e. The lowest BCUT2D eigenvalue weighted by Crippen LogP contribution is -2.15. The lowest BCUT2D eigenvalue weighted by molar-refractivity contribution is 0.607. The van der Waals surface area contributed by atoms with Crippen molar-refractivity contribution in [1.82, 2.24) is 45.8 Å². The van der Waals surface area contributed by atoms with Crippen LogP contribution in [0.1, 0.15) is 25.8 Å². The average molecular weight is 419 g/mol. The number of hydrogen-bond acceptors (Lipinski definition) is 9. The summed E-state index contributed by atoms with van der Waals surface area (Å²) < 4.78 is 8.04. The lowest BCUT2D eigenvalue weighted by Gasteiger charge is -2.17. The quantitative estimate of drug-likeness (QED) is 0.401. The molecule has 4 heterocycles. The zero-order valence-electron chi connectivity index (χ0n) is 16.7. The fraction of sp³-hybridized carbons (Fsp3) is 0.263. The monoisotopic (exact) mass is 419 g/mol. The average Bonchev–Trinajstić information content (AvgIpc) is 3.48. The Kier molecular flexibility index (Phi) is 4.38. The molecule has 31 heavy (non-hydrogen) atoms. The number of rotatable bonds is 5. The molecule has 2 N–H and O–H groups in total. The van der Waals surface area contributed by atoms with Crippen molar-refractivity contribution in [2.45, 2.75) is 33.2 Å². The molecular weight excluding hydrogens is 402 g/mol. The van der Waals surface area contributed by atoms with E-state index in [2.05, 4.69) is 41.2 Å². The Hall–Kier alpha value is -4.22. The SMILES string of the molecule is CCCc1c2oc(-c3nn[nH]n3)cc(=O)c2cc2c(=O)cc(-c3nn[nH]n3)n(CC)c12. The van der Waals surface area contributed by atoms with Crippen LogP contribution in [-0.2, 0) is 13.0 Å². The van der Waals surface area contributed by atoms with Crippen LogP contribution >= 0.6 is 0 Å². The van der Waals surface area contributed by atoms with Crippen molar-refractivity contribution in [2.24, 2.45) is 0 Å². The van der Waals surface area contributed by atoms with Crippen LogP contribution in [0.15, 0.2) is 32.2 Å². The van der Waals surface area contributed by atoms with E-state index in [-0.39, 0.29) is 22.4 Å². The van der Waals surface area contributed by atoms with E-state index in [0.29, 0.717) is 46.4 Å². The summed E-state index contributed by atoms with van der Waals surface area (Å²) in [6.45, 7) is 4.51. The van der Waals surface area contributed by atoms with Crippen LogP contribution in [0, 0.1) is 0 Å². The van der Waals surface area contributed by atoms with Gasteiger partial charge in [0.15, 0.2) is 16.6 Å². The van der Waals surface area contributed by atoms with Gasteiger partial charge in [0.1, 0.15) is 5.58 Å². The number of hydrogen-bond donors (Lipinski definition) is 2. The van der Waals surface area contributed by atoms with Gasteiger partial charge in [-0.05, 0) is 29.8 Å². The molecule has 0 aliphatic rings. The molecule has 0 atom stereocenters. The molecule has 0 unspecified atom stereocenters. The molecule has 0 bridgehead atoms. The molecule has 4 aromatic heterocycles. The molecule has 12 heteroatoms. The lowest BCUT2D eigenvalue weighted by atomic mass is 9.99. The van der Waals surface area contributed by atoms with Crippen LogP contribution in [0.25, 0.3) is 45.0 Å². The van der Waals surface area contributed by atoms with E-state index in [1.54, 1.807) is 6.07 Å². The Morgan fingerprint density at radius 1 is 0.935 bits per heavy atom. The van der Waals surface area contributed by atoms with Crippen LogP contribution in [0.2, 0.25) is 0 Å². The predicted molar refractivity (Wildman–Crippen MR) is 110 cm³/mol. The molecule has 156 valence electrons. The van der Waals surface area contributed by atoms with Crippen molar-refractivity contribution >= 4 is 21.9 Å². The highest BCUT2D eigenvalue weighted by molar-refractivity contribution is 5.99. The summed E-state index contributed by atoms with van der Waals surface area (Å²) in [6.07, 6.45) is 1.36. The van der Waals surface area contributed by atoms with Gasteiger partial charge in [0, 0.05) is 29.6 Å². The number of benzene rings is 1. The van der Waals surface area contributed by atoms with Gasteiger partial charge in [0.05, 0.1) is 16.6 Å². The Bertz CT molecular complexity index is 1520. The highest BCUT2D eigenvalue weighted by Crippen LogP contribution is 2.31. The van der Waals surface area contributed by atoms with Gasteiger partial charge in [0.2, 0.25) is 11.6 Å². The van der Waals surface area contributed by atoms with Crippen molar-refractivity contribution in [3.8, 4) is 23.1 Å². The zero-order chi connectivity index (χ0) is 21.5. The first-order valence-corrected chi connectivity index (χ1v) is 9.77. The highest BCUT2D eigenvalue weighted by Gasteiger charge is 2.21. The summed E-state index contributed by atoms with van der Waals surface area (Å²) in [4.78, 5) is 26.0. The Balaban J connectivity index is 1.97. The minimum atomic E-state index is -0.287. The van der Waals surface area contributed by atoms with Crippen LogP contribution in [0.4, 0.5) is 0 Å². The van der Waals surface area contributed by atoms with E-state index in [1.807, 2.05) is 18.4 Å². The number of aryl methyl sites for hydroxylation is 2. The Morgan fingerprint density at radius 2 is 1.65 bits per heavy atom. The molecule has 0 spiro atoms. The van der Waals surface area contributed by atoms with E-state index >= 15 is 0 Å². The topological polar surface area (TPSA) is 161 Å². The predicted octanol–water partition coefficient (Wildman–Crippen LogP) is 1.44. The van der Waals surface area contributed by atoms with Crippen LogP contribution in [-0.4, -0.2) is 45.8 Å². The molecule has 0 saturated carbocycles. The molecule has 5 aromatic rings. The largest absolute Gasteiger partial charge is 0.452 e. The first kappa shape index (κ1) is 18.8. The first-order chi connectivity index (χ1) is 15.1. The number of tetrazole rings is 2. The van der Waals surface area contributed by atoms with Crippen molar-refractivity contribution in [3.05, 3.63) is 44.2 Å². The molecule has 0 fully saturated rings. The molecule has 12 nitrogen and oxygen atoms in total. The van der Waals surface area contributed by atoms with Crippen LogP contribution in [0.3, 0.4) is 0 Å². The maximum Gasteiger partial charge on any atom is 0.239 e. The van der Waals surface area contributed by atoms with Gasteiger partial charge in [-0.25, -0.2) is 0 Å². The summed E-state index contributed by atoms with van der Waals surface area (Å²) in [7, 11) is 0. The number of nitrogens with one attached hydrogen (secondary N) is 2. The summed E-state index contributed by atoms with van der Waals surface area (Å²) in [5.41, 5.74) is 1.83. The third-order valence-corrected chi connectivity index (χ3v) is 5.14. The van der Waals surface area contributed by atoms with Crippen LogP contribution < -0.4 is 10.9 Å². The van der Waals surface area contributed by atoms with Gasteiger partial charge < -0.3 is 8.98 Å². The molecule has 0 radical (unpaired) electrons. The molecular formula is C19H17N9O3. The Labute approximate surface area is 173 Å². The van der Waals surface area contributed by atoms with Crippen molar-refractivity contribution in [2.75, 3.05) is 0 Å². The molecule has 0 aliphatic heterocycles. The van der Waals surface area contributed by atoms with E-state index < -0.39 is 0 Å². The van der Waals surface area contributed by atoms with Gasteiger partial charge in [-0.15, -0.1) is 20.4 Å². The molecule has 0 amide bonds. The summed E-state index contributed by atoms with van der Waals surface area (Å²) >= 11 is 0. The van der Waals surface area contributed by atoms with Crippen molar-refractivity contribution in [3.63, 3.8) is 0 Å². The van der Waals surface area contributed by atoms with E-state index in [0.717, 1.165) is 12.0 Å². The van der Waals surface area contributed by atoms with E-state index in [1.165, 1.54) is 12.1 Å². The summed E-state index contributed by atoms with van der Waals surface area (Å²) in [6, 6.07) is 4.36. The van der Waals surface area contributed by atoms with E-state index in [9.17, 15) is 9.59 Å². The second-order valence-electron chi connectivity index (χ2n) is 6.96.